The van der Waals surface area contributed by atoms with Gasteiger partial charge in [-0.15, -0.1) is 0 Å². The van der Waals surface area contributed by atoms with Gasteiger partial charge in [0.15, 0.2) is 11.6 Å². The van der Waals surface area contributed by atoms with Gasteiger partial charge in [0.2, 0.25) is 0 Å². The fraction of sp³-hybridized carbons (Fsp3) is 0.375. The van der Waals surface area contributed by atoms with Gasteiger partial charge in [-0.2, -0.15) is 0 Å². The van der Waals surface area contributed by atoms with Crippen molar-refractivity contribution < 1.29 is 9.21 Å². The second-order valence-corrected chi connectivity index (χ2v) is 5.24. The summed E-state index contributed by atoms with van der Waals surface area (Å²) in [5, 5.41) is 2.95. The number of carbonyl (C=O) groups excluding carboxylic acids is 1. The van der Waals surface area contributed by atoms with E-state index < -0.39 is 0 Å². The Labute approximate surface area is 119 Å². The van der Waals surface area contributed by atoms with Crippen molar-refractivity contribution in [1.29, 1.82) is 0 Å². The maximum Gasteiger partial charge on any atom is 0.273 e. The van der Waals surface area contributed by atoms with Crippen LogP contribution in [0.4, 0.5) is 0 Å². The molecule has 0 radical (unpaired) electrons. The highest BCUT2D eigenvalue weighted by Gasteiger charge is 2.16. The van der Waals surface area contributed by atoms with Crippen LogP contribution < -0.4 is 5.32 Å². The zero-order chi connectivity index (χ0) is 14.9. The van der Waals surface area contributed by atoms with E-state index in [-0.39, 0.29) is 11.9 Å². The van der Waals surface area contributed by atoms with Crippen LogP contribution in [0.15, 0.2) is 22.8 Å². The van der Waals surface area contributed by atoms with Crippen LogP contribution >= 0.6 is 0 Å². The highest BCUT2D eigenvalue weighted by molar-refractivity contribution is 5.92. The van der Waals surface area contributed by atoms with Gasteiger partial charge in [0.1, 0.15) is 6.26 Å². The summed E-state index contributed by atoms with van der Waals surface area (Å²) in [6.45, 7) is 9.92. The van der Waals surface area contributed by atoms with E-state index in [4.69, 9.17) is 4.42 Å². The Morgan fingerprint density at radius 1 is 1.15 bits per heavy atom. The maximum atomic E-state index is 12.1. The minimum atomic E-state index is -0.216. The molecule has 0 fully saturated rings. The SMILES string of the molecule is Cc1nc(C(=O)N[C@@H](C)c2cc(C)c(C)cc2C)co1. The molecule has 20 heavy (non-hydrogen) atoms. The van der Waals surface area contributed by atoms with Crippen molar-refractivity contribution in [3.8, 4) is 0 Å². The molecule has 1 heterocycles. The third-order valence-electron chi connectivity index (χ3n) is 3.55. The number of nitrogens with one attached hydrogen (secondary N) is 1. The average Bonchev–Trinajstić information content (AvgIpc) is 2.80. The van der Waals surface area contributed by atoms with E-state index in [1.807, 2.05) is 6.92 Å². The molecule has 0 spiro atoms. The zero-order valence-electron chi connectivity index (χ0n) is 12.6. The van der Waals surface area contributed by atoms with Gasteiger partial charge in [-0.3, -0.25) is 4.79 Å². The highest BCUT2D eigenvalue weighted by Crippen LogP contribution is 2.21. The number of aromatic nitrogens is 1. The summed E-state index contributed by atoms with van der Waals surface area (Å²) in [5.41, 5.74) is 5.11. The van der Waals surface area contributed by atoms with Crippen LogP contribution in [0, 0.1) is 27.7 Å². The maximum absolute atomic E-state index is 12.1. The van der Waals surface area contributed by atoms with Crippen molar-refractivity contribution in [2.45, 2.75) is 40.7 Å². The molecular weight excluding hydrogens is 252 g/mol. The topological polar surface area (TPSA) is 55.1 Å². The summed E-state index contributed by atoms with van der Waals surface area (Å²) in [6.07, 6.45) is 1.38. The van der Waals surface area contributed by atoms with Crippen LogP contribution in [0.1, 0.15) is 51.6 Å². The lowest BCUT2D eigenvalue weighted by Gasteiger charge is -2.17. The summed E-state index contributed by atoms with van der Waals surface area (Å²) in [5.74, 6) is 0.275. The lowest BCUT2D eigenvalue weighted by Crippen LogP contribution is -2.27. The number of hydrogen-bond donors (Lipinski definition) is 1. The monoisotopic (exact) mass is 272 g/mol. The molecule has 1 amide bonds. The normalized spacial score (nSPS) is 12.2. The second-order valence-electron chi connectivity index (χ2n) is 5.24. The Hall–Kier alpha value is -2.10. The van der Waals surface area contributed by atoms with E-state index in [1.54, 1.807) is 6.92 Å². The summed E-state index contributed by atoms with van der Waals surface area (Å²) in [6, 6.07) is 4.20. The number of hydrogen-bond acceptors (Lipinski definition) is 3. The first-order chi connectivity index (χ1) is 9.38. The number of carbonyl (C=O) groups is 1. The molecule has 1 N–H and O–H groups in total. The van der Waals surface area contributed by atoms with Gasteiger partial charge in [-0.1, -0.05) is 12.1 Å². The van der Waals surface area contributed by atoms with Crippen LogP contribution in [0.2, 0.25) is 0 Å². The molecule has 0 aliphatic carbocycles. The van der Waals surface area contributed by atoms with Gasteiger partial charge in [0.05, 0.1) is 6.04 Å². The van der Waals surface area contributed by atoms with Gasteiger partial charge >= 0.3 is 0 Å². The largest absolute Gasteiger partial charge is 0.448 e. The lowest BCUT2D eigenvalue weighted by molar-refractivity contribution is 0.0934. The third-order valence-corrected chi connectivity index (χ3v) is 3.55. The predicted molar refractivity (Wildman–Crippen MR) is 77.8 cm³/mol. The lowest BCUT2D eigenvalue weighted by atomic mass is 9.96. The van der Waals surface area contributed by atoms with E-state index in [9.17, 15) is 4.79 Å². The Bertz CT molecular complexity index is 644. The van der Waals surface area contributed by atoms with Crippen molar-refractivity contribution in [2.24, 2.45) is 0 Å². The van der Waals surface area contributed by atoms with Crippen LogP contribution in [-0.4, -0.2) is 10.9 Å². The number of benzene rings is 1. The van der Waals surface area contributed by atoms with Gasteiger partial charge in [-0.25, -0.2) is 4.98 Å². The first-order valence-electron chi connectivity index (χ1n) is 6.69. The van der Waals surface area contributed by atoms with Gasteiger partial charge < -0.3 is 9.73 Å². The molecule has 0 bridgehead atoms. The minimum absolute atomic E-state index is 0.0705. The van der Waals surface area contributed by atoms with Crippen molar-refractivity contribution in [3.05, 3.63) is 52.2 Å². The molecule has 4 heteroatoms. The van der Waals surface area contributed by atoms with Gasteiger partial charge in [0, 0.05) is 6.92 Å². The molecule has 4 nitrogen and oxygen atoms in total. The predicted octanol–water partition coefficient (Wildman–Crippen LogP) is 3.40. The van der Waals surface area contributed by atoms with E-state index in [1.165, 1.54) is 23.0 Å². The first kappa shape index (κ1) is 14.3. The average molecular weight is 272 g/mol. The van der Waals surface area contributed by atoms with Crippen molar-refractivity contribution >= 4 is 5.91 Å². The number of amides is 1. The molecule has 2 aromatic rings. The highest BCUT2D eigenvalue weighted by atomic mass is 16.3. The summed E-state index contributed by atoms with van der Waals surface area (Å²) < 4.78 is 5.06. The molecule has 1 aromatic carbocycles. The molecule has 0 unspecified atom stereocenters. The summed E-state index contributed by atoms with van der Waals surface area (Å²) in [7, 11) is 0. The Balaban J connectivity index is 2.18. The second kappa shape index (κ2) is 5.49. The van der Waals surface area contributed by atoms with Crippen LogP contribution in [0.5, 0.6) is 0 Å². The Kier molecular flexibility index (Phi) is 3.93. The van der Waals surface area contributed by atoms with Crippen molar-refractivity contribution in [3.63, 3.8) is 0 Å². The third kappa shape index (κ3) is 2.90. The Morgan fingerprint density at radius 3 is 2.40 bits per heavy atom. The molecule has 0 saturated carbocycles. The quantitative estimate of drug-likeness (QED) is 0.931. The van der Waals surface area contributed by atoms with E-state index in [2.05, 4.69) is 43.2 Å². The van der Waals surface area contributed by atoms with Gasteiger partial charge in [0.25, 0.3) is 5.91 Å². The van der Waals surface area contributed by atoms with Crippen molar-refractivity contribution in [2.75, 3.05) is 0 Å². The fourth-order valence-electron chi connectivity index (χ4n) is 2.27. The number of oxazole rings is 1. The Morgan fingerprint density at radius 2 is 1.80 bits per heavy atom. The van der Waals surface area contributed by atoms with Crippen LogP contribution in [-0.2, 0) is 0 Å². The first-order valence-corrected chi connectivity index (χ1v) is 6.69. The minimum Gasteiger partial charge on any atom is -0.448 e. The smallest absolute Gasteiger partial charge is 0.273 e. The molecule has 0 aliphatic heterocycles. The molecule has 0 aliphatic rings. The molecule has 2 rings (SSSR count). The number of aryl methyl sites for hydroxylation is 4. The van der Waals surface area contributed by atoms with Crippen LogP contribution in [0.3, 0.4) is 0 Å². The molecular formula is C16H20N2O2. The number of rotatable bonds is 3. The van der Waals surface area contributed by atoms with Crippen molar-refractivity contribution in [1.82, 2.24) is 10.3 Å². The van der Waals surface area contributed by atoms with Gasteiger partial charge in [-0.05, 0) is 49.9 Å². The standard InChI is InChI=1S/C16H20N2O2/c1-9-6-11(3)14(7-10(9)2)12(4)17-16(19)15-8-20-13(5)18-15/h6-8,12H,1-5H3,(H,17,19)/t12-/m0/s1. The number of nitrogens with zero attached hydrogens (tertiary/aromatic N) is 1. The van der Waals surface area contributed by atoms with E-state index in [0.29, 0.717) is 11.6 Å². The summed E-state index contributed by atoms with van der Waals surface area (Å²) in [4.78, 5) is 16.1. The molecule has 1 aromatic heterocycles. The van der Waals surface area contributed by atoms with E-state index >= 15 is 0 Å². The van der Waals surface area contributed by atoms with E-state index in [0.717, 1.165) is 5.56 Å². The summed E-state index contributed by atoms with van der Waals surface area (Å²) >= 11 is 0. The zero-order valence-corrected chi connectivity index (χ0v) is 12.6. The molecule has 106 valence electrons. The molecule has 0 saturated heterocycles. The van der Waals surface area contributed by atoms with Crippen LogP contribution in [0.25, 0.3) is 0 Å². The molecule has 1 atom stereocenters. The fourth-order valence-corrected chi connectivity index (χ4v) is 2.27.